The van der Waals surface area contributed by atoms with E-state index in [-0.39, 0.29) is 6.42 Å². The van der Waals surface area contributed by atoms with Gasteiger partial charge in [-0.25, -0.2) is 0 Å². The van der Waals surface area contributed by atoms with E-state index in [1.807, 2.05) is 13.0 Å². The number of rotatable bonds is 5. The molecule has 0 amide bonds. The van der Waals surface area contributed by atoms with Crippen LogP contribution >= 0.6 is 11.6 Å². The van der Waals surface area contributed by atoms with E-state index in [2.05, 4.69) is 18.0 Å². The number of carbonyl (C=O) groups is 1. The largest absolute Gasteiger partial charge is 0.481 e. The van der Waals surface area contributed by atoms with E-state index in [1.165, 1.54) is 11.1 Å². The van der Waals surface area contributed by atoms with Crippen LogP contribution in [0.2, 0.25) is 5.02 Å². The quantitative estimate of drug-likeness (QED) is 0.849. The van der Waals surface area contributed by atoms with Crippen molar-refractivity contribution < 1.29 is 14.6 Å². The fourth-order valence-electron chi connectivity index (χ4n) is 3.84. The summed E-state index contributed by atoms with van der Waals surface area (Å²) in [6, 6.07) is 3.97. The number of benzene rings is 1. The lowest BCUT2D eigenvalue weighted by atomic mass is 9.84. The number of carboxylic acids is 1. The van der Waals surface area contributed by atoms with Crippen molar-refractivity contribution >= 4 is 28.5 Å². The first kappa shape index (κ1) is 16.3. The van der Waals surface area contributed by atoms with Crippen LogP contribution in [0, 0.1) is 0 Å². The van der Waals surface area contributed by atoms with Gasteiger partial charge in [0.15, 0.2) is 0 Å². The van der Waals surface area contributed by atoms with E-state index in [1.54, 1.807) is 0 Å². The smallest absolute Gasteiger partial charge is 0.306 e. The molecule has 1 aromatic heterocycles. The molecule has 23 heavy (non-hydrogen) atoms. The average Bonchev–Trinajstić information content (AvgIpc) is 2.90. The summed E-state index contributed by atoms with van der Waals surface area (Å²) in [5, 5.41) is 11.2. The Balaban J connectivity index is 2.28. The Bertz CT molecular complexity index is 752. The summed E-state index contributed by atoms with van der Waals surface area (Å²) in [5.74, 6) is -0.841. The molecular weight excluding hydrogens is 314 g/mol. The number of carboxylic acid groups (broad SMARTS) is 1. The lowest BCUT2D eigenvalue weighted by Gasteiger charge is -2.36. The predicted molar refractivity (Wildman–Crippen MR) is 91.2 cm³/mol. The van der Waals surface area contributed by atoms with Crippen molar-refractivity contribution in [2.45, 2.75) is 51.6 Å². The van der Waals surface area contributed by atoms with Gasteiger partial charge in [0.2, 0.25) is 0 Å². The zero-order valence-corrected chi connectivity index (χ0v) is 14.3. The highest BCUT2D eigenvalue weighted by Crippen LogP contribution is 2.44. The number of aliphatic carboxylic acids is 1. The first-order valence-corrected chi connectivity index (χ1v) is 8.58. The number of H-pyrrole nitrogens is 1. The molecule has 124 valence electrons. The second-order valence-corrected chi connectivity index (χ2v) is 6.61. The molecule has 0 unspecified atom stereocenters. The van der Waals surface area contributed by atoms with Gasteiger partial charge in [0.1, 0.15) is 5.60 Å². The van der Waals surface area contributed by atoms with Crippen molar-refractivity contribution in [3.8, 4) is 0 Å². The highest BCUT2D eigenvalue weighted by molar-refractivity contribution is 6.35. The number of hydrogen-bond donors (Lipinski definition) is 2. The molecule has 0 fully saturated rings. The third-order valence-corrected chi connectivity index (χ3v) is 5.07. The topological polar surface area (TPSA) is 62.3 Å². The van der Waals surface area contributed by atoms with Crippen molar-refractivity contribution in [3.05, 3.63) is 34.0 Å². The predicted octanol–water partition coefficient (Wildman–Crippen LogP) is 4.43. The SMILES string of the molecule is CCC[C@@]1(CC(=O)O)OCCc2c1[nH]c1c(Cl)ccc(CC)c21. The van der Waals surface area contributed by atoms with Gasteiger partial charge >= 0.3 is 5.97 Å². The molecule has 1 aromatic carbocycles. The molecule has 0 saturated carbocycles. The Kier molecular flexibility index (Phi) is 4.39. The van der Waals surface area contributed by atoms with Crippen LogP contribution in [-0.4, -0.2) is 22.7 Å². The number of fused-ring (bicyclic) bond motifs is 3. The molecule has 1 aliphatic heterocycles. The van der Waals surface area contributed by atoms with Gasteiger partial charge in [-0.2, -0.15) is 0 Å². The average molecular weight is 336 g/mol. The van der Waals surface area contributed by atoms with E-state index in [9.17, 15) is 9.90 Å². The van der Waals surface area contributed by atoms with Gasteiger partial charge in [0.25, 0.3) is 0 Å². The molecule has 5 heteroatoms. The number of aromatic nitrogens is 1. The lowest BCUT2D eigenvalue weighted by Crippen LogP contribution is -2.37. The lowest BCUT2D eigenvalue weighted by molar-refractivity contribution is -0.149. The molecular formula is C18H22ClNO3. The summed E-state index contributed by atoms with van der Waals surface area (Å²) in [6.45, 7) is 4.72. The van der Waals surface area contributed by atoms with Crippen LogP contribution in [0.4, 0.5) is 0 Å². The van der Waals surface area contributed by atoms with E-state index >= 15 is 0 Å². The van der Waals surface area contributed by atoms with Crippen LogP contribution in [0.1, 0.15) is 49.9 Å². The second-order valence-electron chi connectivity index (χ2n) is 6.20. The van der Waals surface area contributed by atoms with Crippen molar-refractivity contribution in [1.82, 2.24) is 4.98 Å². The number of hydrogen-bond acceptors (Lipinski definition) is 2. The van der Waals surface area contributed by atoms with Crippen LogP contribution in [0.5, 0.6) is 0 Å². The van der Waals surface area contributed by atoms with Gasteiger partial charge in [-0.1, -0.05) is 37.9 Å². The zero-order chi connectivity index (χ0) is 16.6. The second kappa shape index (κ2) is 6.17. The van der Waals surface area contributed by atoms with Crippen molar-refractivity contribution in [2.75, 3.05) is 6.61 Å². The summed E-state index contributed by atoms with van der Waals surface area (Å²) < 4.78 is 6.03. The van der Waals surface area contributed by atoms with Gasteiger partial charge in [0.05, 0.1) is 29.3 Å². The summed E-state index contributed by atoms with van der Waals surface area (Å²) in [5.41, 5.74) is 3.46. The molecule has 1 aliphatic rings. The number of halogens is 1. The van der Waals surface area contributed by atoms with Gasteiger partial charge in [-0.05, 0) is 36.5 Å². The molecule has 4 nitrogen and oxygen atoms in total. The first-order valence-electron chi connectivity index (χ1n) is 8.20. The summed E-state index contributed by atoms with van der Waals surface area (Å²) >= 11 is 6.39. The van der Waals surface area contributed by atoms with Crippen LogP contribution in [0.15, 0.2) is 12.1 Å². The molecule has 2 aromatic rings. The molecule has 0 spiro atoms. The van der Waals surface area contributed by atoms with Crippen molar-refractivity contribution in [3.63, 3.8) is 0 Å². The Hall–Kier alpha value is -1.52. The minimum Gasteiger partial charge on any atom is -0.481 e. The van der Waals surface area contributed by atoms with Crippen molar-refractivity contribution in [1.29, 1.82) is 0 Å². The number of aryl methyl sites for hydroxylation is 1. The Morgan fingerprint density at radius 2 is 2.22 bits per heavy atom. The minimum atomic E-state index is -0.841. The highest BCUT2D eigenvalue weighted by atomic mass is 35.5. The van der Waals surface area contributed by atoms with E-state index in [0.717, 1.165) is 35.9 Å². The van der Waals surface area contributed by atoms with Gasteiger partial charge in [-0.3, -0.25) is 4.79 Å². The van der Waals surface area contributed by atoms with E-state index in [0.29, 0.717) is 18.1 Å². The van der Waals surface area contributed by atoms with E-state index < -0.39 is 11.6 Å². The molecule has 1 atom stereocenters. The summed E-state index contributed by atoms with van der Waals surface area (Å²) in [7, 11) is 0. The maximum Gasteiger partial charge on any atom is 0.306 e. The van der Waals surface area contributed by atoms with Crippen molar-refractivity contribution in [2.24, 2.45) is 0 Å². The standard InChI is InChI=1S/C18H22ClNO3/c1-3-8-18(10-14(21)22)17-12(7-9-23-18)15-11(4-2)5-6-13(19)16(15)20-17/h5-6,20H,3-4,7-10H2,1-2H3,(H,21,22)/t18-/m0/s1. The minimum absolute atomic E-state index is 0.0280. The molecule has 0 bridgehead atoms. The van der Waals surface area contributed by atoms with Gasteiger partial charge < -0.3 is 14.8 Å². The first-order chi connectivity index (χ1) is 11.0. The normalized spacial score (nSPS) is 20.7. The summed E-state index contributed by atoms with van der Waals surface area (Å²) in [4.78, 5) is 14.9. The maximum absolute atomic E-state index is 11.4. The fraction of sp³-hybridized carbons (Fsp3) is 0.500. The maximum atomic E-state index is 11.4. The number of ether oxygens (including phenoxy) is 1. The van der Waals surface area contributed by atoms with Gasteiger partial charge in [-0.15, -0.1) is 0 Å². The monoisotopic (exact) mass is 335 g/mol. The Labute approximate surface area is 140 Å². The molecule has 0 aliphatic carbocycles. The van der Waals surface area contributed by atoms with Crippen LogP contribution in [0.25, 0.3) is 10.9 Å². The third-order valence-electron chi connectivity index (χ3n) is 4.75. The molecule has 0 saturated heterocycles. The fourth-order valence-corrected chi connectivity index (χ4v) is 4.04. The van der Waals surface area contributed by atoms with Crippen LogP contribution in [0.3, 0.4) is 0 Å². The molecule has 0 radical (unpaired) electrons. The molecule has 3 rings (SSSR count). The number of nitrogens with one attached hydrogen (secondary N) is 1. The van der Waals surface area contributed by atoms with E-state index in [4.69, 9.17) is 16.3 Å². The molecule has 2 N–H and O–H groups in total. The van der Waals surface area contributed by atoms with Gasteiger partial charge in [0, 0.05) is 5.39 Å². The Morgan fingerprint density at radius 1 is 1.43 bits per heavy atom. The zero-order valence-electron chi connectivity index (χ0n) is 13.5. The third kappa shape index (κ3) is 2.64. The van der Waals surface area contributed by atoms with Crippen LogP contribution in [-0.2, 0) is 28.0 Å². The highest BCUT2D eigenvalue weighted by Gasteiger charge is 2.41. The summed E-state index contributed by atoms with van der Waals surface area (Å²) in [6.07, 6.45) is 3.21. The van der Waals surface area contributed by atoms with Crippen LogP contribution < -0.4 is 0 Å². The number of aromatic amines is 1. The Morgan fingerprint density at radius 3 is 2.87 bits per heavy atom. The molecule has 2 heterocycles.